The Bertz CT molecular complexity index is 625. The number of ether oxygens (including phenoxy) is 1. The molecule has 1 amide bonds. The van der Waals surface area contributed by atoms with Crippen LogP contribution >= 0.6 is 15.9 Å². The van der Waals surface area contributed by atoms with Gasteiger partial charge in [-0.3, -0.25) is 4.79 Å². The van der Waals surface area contributed by atoms with E-state index in [1.165, 1.54) is 0 Å². The number of carbonyl (C=O) groups is 1. The summed E-state index contributed by atoms with van der Waals surface area (Å²) in [5.41, 5.74) is 1.90. The van der Waals surface area contributed by atoms with Gasteiger partial charge in [0.1, 0.15) is 5.75 Å². The first kappa shape index (κ1) is 16.6. The molecule has 0 spiro atoms. The van der Waals surface area contributed by atoms with Gasteiger partial charge >= 0.3 is 0 Å². The first-order valence-electron chi connectivity index (χ1n) is 7.37. The molecule has 0 aliphatic heterocycles. The first-order valence-corrected chi connectivity index (χ1v) is 8.16. The van der Waals surface area contributed by atoms with Crippen molar-refractivity contribution < 1.29 is 9.53 Å². The van der Waals surface area contributed by atoms with Crippen LogP contribution in [0.2, 0.25) is 0 Å². The van der Waals surface area contributed by atoms with Gasteiger partial charge in [0.2, 0.25) is 0 Å². The molecule has 0 saturated heterocycles. The molecule has 0 heterocycles. The van der Waals surface area contributed by atoms with Gasteiger partial charge in [-0.25, -0.2) is 0 Å². The van der Waals surface area contributed by atoms with Crippen molar-refractivity contribution in [2.45, 2.75) is 26.2 Å². The SMILES string of the molecule is CC[C@@H](C)c1ccccc1OCC(=O)Nc1ccc(Br)cc1. The Morgan fingerprint density at radius 1 is 1.18 bits per heavy atom. The Hall–Kier alpha value is -1.81. The second-order valence-electron chi connectivity index (χ2n) is 5.19. The van der Waals surface area contributed by atoms with Gasteiger partial charge in [0.05, 0.1) is 0 Å². The predicted octanol–water partition coefficient (Wildman–Crippen LogP) is 4.98. The number of halogens is 1. The molecule has 1 N–H and O–H groups in total. The average Bonchev–Trinajstić information content (AvgIpc) is 2.54. The zero-order chi connectivity index (χ0) is 15.9. The van der Waals surface area contributed by atoms with Crippen molar-refractivity contribution in [3.05, 3.63) is 58.6 Å². The lowest BCUT2D eigenvalue weighted by Crippen LogP contribution is -2.20. The second-order valence-corrected chi connectivity index (χ2v) is 6.11. The molecule has 0 aliphatic carbocycles. The number of para-hydroxylation sites is 1. The van der Waals surface area contributed by atoms with Crippen LogP contribution in [0, 0.1) is 0 Å². The number of hydrogen-bond donors (Lipinski definition) is 1. The van der Waals surface area contributed by atoms with Crippen molar-refractivity contribution in [3.63, 3.8) is 0 Å². The predicted molar refractivity (Wildman–Crippen MR) is 93.4 cm³/mol. The highest BCUT2D eigenvalue weighted by Crippen LogP contribution is 2.28. The summed E-state index contributed by atoms with van der Waals surface area (Å²) in [6, 6.07) is 15.3. The van der Waals surface area contributed by atoms with Crippen molar-refractivity contribution in [1.29, 1.82) is 0 Å². The molecule has 22 heavy (non-hydrogen) atoms. The number of amides is 1. The van der Waals surface area contributed by atoms with E-state index in [0.29, 0.717) is 5.92 Å². The van der Waals surface area contributed by atoms with Crippen molar-refractivity contribution in [3.8, 4) is 5.75 Å². The molecule has 0 unspecified atom stereocenters. The van der Waals surface area contributed by atoms with Crippen LogP contribution in [0.5, 0.6) is 5.75 Å². The van der Waals surface area contributed by atoms with Gasteiger partial charge in [-0.05, 0) is 48.2 Å². The number of carbonyl (C=O) groups excluding carboxylic acids is 1. The standard InChI is InChI=1S/C18H20BrNO2/c1-3-13(2)16-6-4-5-7-17(16)22-12-18(21)20-15-10-8-14(19)9-11-15/h4-11,13H,3,12H2,1-2H3,(H,20,21)/t13-/m1/s1. The monoisotopic (exact) mass is 361 g/mol. The number of anilines is 1. The first-order chi connectivity index (χ1) is 10.6. The van der Waals surface area contributed by atoms with Gasteiger partial charge in [0, 0.05) is 10.2 Å². The van der Waals surface area contributed by atoms with Crippen LogP contribution in [0.1, 0.15) is 31.7 Å². The fraction of sp³-hybridized carbons (Fsp3) is 0.278. The van der Waals surface area contributed by atoms with Crippen LogP contribution in [0.3, 0.4) is 0 Å². The van der Waals surface area contributed by atoms with Crippen LogP contribution in [0.15, 0.2) is 53.0 Å². The van der Waals surface area contributed by atoms with Gasteiger partial charge < -0.3 is 10.1 Å². The minimum atomic E-state index is -0.165. The molecule has 0 fully saturated rings. The van der Waals surface area contributed by atoms with Crippen LogP contribution < -0.4 is 10.1 Å². The van der Waals surface area contributed by atoms with E-state index in [0.717, 1.165) is 27.9 Å². The summed E-state index contributed by atoms with van der Waals surface area (Å²) in [6.45, 7) is 4.30. The van der Waals surface area contributed by atoms with Crippen molar-refractivity contribution in [2.24, 2.45) is 0 Å². The minimum absolute atomic E-state index is 0.00348. The molecule has 0 aromatic heterocycles. The Morgan fingerprint density at radius 3 is 2.55 bits per heavy atom. The van der Waals surface area contributed by atoms with Gasteiger partial charge in [0.15, 0.2) is 6.61 Å². The molecule has 0 radical (unpaired) electrons. The summed E-state index contributed by atoms with van der Waals surface area (Å²) in [5.74, 6) is 1.02. The lowest BCUT2D eigenvalue weighted by Gasteiger charge is -2.15. The largest absolute Gasteiger partial charge is 0.483 e. The molecule has 2 aromatic rings. The van der Waals surface area contributed by atoms with E-state index in [-0.39, 0.29) is 12.5 Å². The zero-order valence-corrected chi connectivity index (χ0v) is 14.4. The molecule has 2 aromatic carbocycles. The van der Waals surface area contributed by atoms with Crippen molar-refractivity contribution >= 4 is 27.5 Å². The molecule has 4 heteroatoms. The molecule has 1 atom stereocenters. The van der Waals surface area contributed by atoms with E-state index in [4.69, 9.17) is 4.74 Å². The summed E-state index contributed by atoms with van der Waals surface area (Å²) in [6.07, 6.45) is 1.03. The highest BCUT2D eigenvalue weighted by Gasteiger charge is 2.11. The molecule has 2 rings (SSSR count). The van der Waals surface area contributed by atoms with E-state index in [2.05, 4.69) is 41.2 Å². The molecule has 0 aliphatic rings. The molecule has 0 bridgehead atoms. The van der Waals surface area contributed by atoms with Gasteiger partial charge in [-0.15, -0.1) is 0 Å². The van der Waals surface area contributed by atoms with Crippen LogP contribution in [-0.4, -0.2) is 12.5 Å². The smallest absolute Gasteiger partial charge is 0.262 e. The Balaban J connectivity index is 1.95. The summed E-state index contributed by atoms with van der Waals surface area (Å²) < 4.78 is 6.67. The summed E-state index contributed by atoms with van der Waals surface area (Å²) >= 11 is 3.36. The summed E-state index contributed by atoms with van der Waals surface area (Å²) in [7, 11) is 0. The fourth-order valence-corrected chi connectivity index (χ4v) is 2.38. The normalized spacial score (nSPS) is 11.8. The average molecular weight is 362 g/mol. The number of rotatable bonds is 6. The Morgan fingerprint density at radius 2 is 1.86 bits per heavy atom. The maximum atomic E-state index is 12.0. The maximum absolute atomic E-state index is 12.0. The van der Waals surface area contributed by atoms with E-state index in [9.17, 15) is 4.79 Å². The lowest BCUT2D eigenvalue weighted by atomic mass is 9.98. The molecule has 3 nitrogen and oxygen atoms in total. The number of hydrogen-bond acceptors (Lipinski definition) is 2. The third-order valence-electron chi connectivity index (χ3n) is 3.55. The second kappa shape index (κ2) is 7.99. The molecular weight excluding hydrogens is 342 g/mol. The zero-order valence-electron chi connectivity index (χ0n) is 12.8. The Kier molecular flexibility index (Phi) is 6.01. The summed E-state index contributed by atoms with van der Waals surface area (Å²) in [4.78, 5) is 12.0. The highest BCUT2D eigenvalue weighted by atomic mass is 79.9. The Labute approximate surface area is 139 Å². The third-order valence-corrected chi connectivity index (χ3v) is 4.08. The quantitative estimate of drug-likeness (QED) is 0.787. The van der Waals surface area contributed by atoms with Crippen molar-refractivity contribution in [1.82, 2.24) is 0 Å². The molecular formula is C18H20BrNO2. The van der Waals surface area contributed by atoms with Crippen LogP contribution in [0.25, 0.3) is 0 Å². The van der Waals surface area contributed by atoms with Gasteiger partial charge in [0.25, 0.3) is 5.91 Å². The lowest BCUT2D eigenvalue weighted by molar-refractivity contribution is -0.118. The van der Waals surface area contributed by atoms with E-state index >= 15 is 0 Å². The van der Waals surface area contributed by atoms with E-state index in [1.807, 2.05) is 42.5 Å². The highest BCUT2D eigenvalue weighted by molar-refractivity contribution is 9.10. The summed E-state index contributed by atoms with van der Waals surface area (Å²) in [5, 5.41) is 2.82. The fourth-order valence-electron chi connectivity index (χ4n) is 2.11. The van der Waals surface area contributed by atoms with Gasteiger partial charge in [-0.2, -0.15) is 0 Å². The number of nitrogens with one attached hydrogen (secondary N) is 1. The van der Waals surface area contributed by atoms with E-state index in [1.54, 1.807) is 0 Å². The maximum Gasteiger partial charge on any atom is 0.262 e. The molecule has 0 saturated carbocycles. The van der Waals surface area contributed by atoms with E-state index < -0.39 is 0 Å². The minimum Gasteiger partial charge on any atom is -0.483 e. The van der Waals surface area contributed by atoms with Crippen LogP contribution in [-0.2, 0) is 4.79 Å². The topological polar surface area (TPSA) is 38.3 Å². The van der Waals surface area contributed by atoms with Crippen LogP contribution in [0.4, 0.5) is 5.69 Å². The van der Waals surface area contributed by atoms with Crippen molar-refractivity contribution in [2.75, 3.05) is 11.9 Å². The third kappa shape index (κ3) is 4.60. The number of benzene rings is 2. The molecule has 116 valence electrons. The van der Waals surface area contributed by atoms with Gasteiger partial charge in [-0.1, -0.05) is 48.0 Å².